The van der Waals surface area contributed by atoms with Crippen LogP contribution in [0.2, 0.25) is 0 Å². The first-order valence-electron chi connectivity index (χ1n) is 14.7. The van der Waals surface area contributed by atoms with Gasteiger partial charge in [0.25, 0.3) is 5.91 Å². The van der Waals surface area contributed by atoms with E-state index in [-0.39, 0.29) is 28.4 Å². The largest absolute Gasteiger partial charge is 0.451 e. The molecule has 9 nitrogen and oxygen atoms in total. The van der Waals surface area contributed by atoms with Crippen molar-refractivity contribution in [3.63, 3.8) is 0 Å². The van der Waals surface area contributed by atoms with Crippen LogP contribution in [0.1, 0.15) is 50.9 Å². The summed E-state index contributed by atoms with van der Waals surface area (Å²) >= 11 is 0. The highest BCUT2D eigenvalue weighted by molar-refractivity contribution is 6.02. The van der Waals surface area contributed by atoms with Gasteiger partial charge in [-0.2, -0.15) is 5.06 Å². The minimum absolute atomic E-state index is 0.0275. The Morgan fingerprint density at radius 2 is 1.67 bits per heavy atom. The van der Waals surface area contributed by atoms with E-state index < -0.39 is 28.2 Å². The molecule has 4 heterocycles. The average molecular weight is 587 g/mol. The molecule has 2 saturated heterocycles. The summed E-state index contributed by atoms with van der Waals surface area (Å²) in [7, 11) is 0. The van der Waals surface area contributed by atoms with Crippen LogP contribution in [0.15, 0.2) is 53.5 Å². The smallest absolute Gasteiger partial charge is 0.259 e. The SMILES string of the molecule is CC1(C)CC(Nc2c(F)cc3c(=O)c(C(=O)N4CCOCC4)cn4c3c2Oc2cc3ccccc3cc2-4)CC(C)(C)N1O. The molecule has 0 bridgehead atoms. The highest BCUT2D eigenvalue weighted by Crippen LogP contribution is 2.47. The van der Waals surface area contributed by atoms with Crippen LogP contribution >= 0.6 is 0 Å². The summed E-state index contributed by atoms with van der Waals surface area (Å²) in [6, 6.07) is 12.7. The second-order valence-corrected chi connectivity index (χ2v) is 13.1. The minimum atomic E-state index is -0.645. The van der Waals surface area contributed by atoms with Crippen LogP contribution in [0.25, 0.3) is 27.4 Å². The molecule has 2 fully saturated rings. The van der Waals surface area contributed by atoms with Crippen molar-refractivity contribution in [2.45, 2.75) is 57.7 Å². The number of carbonyl (C=O) groups is 1. The maximum atomic E-state index is 16.2. The van der Waals surface area contributed by atoms with Crippen LogP contribution in [-0.4, -0.2) is 69.1 Å². The Labute approximate surface area is 248 Å². The topological polar surface area (TPSA) is 96.3 Å². The number of benzene rings is 3. The summed E-state index contributed by atoms with van der Waals surface area (Å²) in [4.78, 5) is 29.1. The fourth-order valence-electron chi connectivity index (χ4n) is 7.10. The third kappa shape index (κ3) is 4.47. The van der Waals surface area contributed by atoms with Gasteiger partial charge in [-0.25, -0.2) is 4.39 Å². The lowest BCUT2D eigenvalue weighted by atomic mass is 9.79. The predicted octanol–water partition coefficient (Wildman–Crippen LogP) is 5.68. The molecule has 0 radical (unpaired) electrons. The Morgan fingerprint density at radius 1 is 1.02 bits per heavy atom. The lowest BCUT2D eigenvalue weighted by Crippen LogP contribution is -2.61. The molecule has 0 atom stereocenters. The van der Waals surface area contributed by atoms with Gasteiger partial charge in [0.15, 0.2) is 17.3 Å². The number of nitrogens with zero attached hydrogens (tertiary/aromatic N) is 3. The fraction of sp³-hybridized carbons (Fsp3) is 0.394. The van der Waals surface area contributed by atoms with E-state index in [0.29, 0.717) is 56.1 Å². The molecule has 4 aromatic rings. The third-order valence-electron chi connectivity index (χ3n) is 9.01. The van der Waals surface area contributed by atoms with E-state index in [1.807, 2.05) is 64.1 Å². The lowest BCUT2D eigenvalue weighted by Gasteiger charge is -2.51. The zero-order chi connectivity index (χ0) is 30.3. The highest BCUT2D eigenvalue weighted by Gasteiger charge is 2.45. The number of nitrogens with one attached hydrogen (secondary N) is 1. The Hall–Kier alpha value is -3.99. The second-order valence-electron chi connectivity index (χ2n) is 13.1. The monoisotopic (exact) mass is 586 g/mol. The Bertz CT molecular complexity index is 1840. The molecular weight excluding hydrogens is 551 g/mol. The van der Waals surface area contributed by atoms with Gasteiger partial charge in [0.1, 0.15) is 16.8 Å². The number of carbonyl (C=O) groups excluding carboxylic acids is 1. The van der Waals surface area contributed by atoms with Crippen molar-refractivity contribution in [2.75, 3.05) is 31.6 Å². The molecule has 10 heteroatoms. The van der Waals surface area contributed by atoms with Crippen LogP contribution in [0.3, 0.4) is 0 Å². The summed E-state index contributed by atoms with van der Waals surface area (Å²) in [5.74, 6) is -0.367. The lowest BCUT2D eigenvalue weighted by molar-refractivity contribution is -0.243. The van der Waals surface area contributed by atoms with Crippen molar-refractivity contribution in [3.8, 4) is 17.2 Å². The van der Waals surface area contributed by atoms with Gasteiger partial charge in [0.05, 0.1) is 24.3 Å². The van der Waals surface area contributed by atoms with Crippen molar-refractivity contribution < 1.29 is 23.9 Å². The van der Waals surface area contributed by atoms with Gasteiger partial charge in [-0.1, -0.05) is 24.3 Å². The van der Waals surface area contributed by atoms with Gasteiger partial charge in [0, 0.05) is 36.4 Å². The number of aromatic nitrogens is 1. The zero-order valence-electron chi connectivity index (χ0n) is 24.7. The molecule has 0 unspecified atom stereocenters. The number of amides is 1. The molecule has 0 spiro atoms. The van der Waals surface area contributed by atoms with Crippen LogP contribution in [-0.2, 0) is 4.74 Å². The van der Waals surface area contributed by atoms with Crippen molar-refractivity contribution in [1.82, 2.24) is 14.5 Å². The van der Waals surface area contributed by atoms with Gasteiger partial charge in [-0.3, -0.25) is 9.59 Å². The first-order valence-corrected chi connectivity index (χ1v) is 14.7. The number of fused-ring (bicyclic) bond motifs is 3. The summed E-state index contributed by atoms with van der Waals surface area (Å²) in [5.41, 5.74) is -0.498. The fourth-order valence-corrected chi connectivity index (χ4v) is 7.10. The number of ether oxygens (including phenoxy) is 2. The number of pyridine rings is 1. The quantitative estimate of drug-likeness (QED) is 0.281. The van der Waals surface area contributed by atoms with Gasteiger partial charge >= 0.3 is 0 Å². The Morgan fingerprint density at radius 3 is 2.35 bits per heavy atom. The zero-order valence-corrected chi connectivity index (χ0v) is 24.7. The number of rotatable bonds is 3. The molecule has 3 aliphatic rings. The first-order chi connectivity index (χ1) is 20.4. The van der Waals surface area contributed by atoms with Crippen LogP contribution < -0.4 is 15.5 Å². The number of hydrogen-bond donors (Lipinski definition) is 2. The number of hydroxylamine groups is 2. The summed E-state index contributed by atoms with van der Waals surface area (Å²) in [6.07, 6.45) is 2.66. The molecule has 43 heavy (non-hydrogen) atoms. The van der Waals surface area contributed by atoms with E-state index in [4.69, 9.17) is 9.47 Å². The maximum Gasteiger partial charge on any atom is 0.259 e. The summed E-state index contributed by atoms with van der Waals surface area (Å²) < 4.78 is 29.8. The van der Waals surface area contributed by atoms with Gasteiger partial charge in [0.2, 0.25) is 5.43 Å². The molecule has 3 aromatic carbocycles. The van der Waals surface area contributed by atoms with E-state index >= 15 is 4.39 Å². The molecule has 2 N–H and O–H groups in total. The summed E-state index contributed by atoms with van der Waals surface area (Å²) in [5, 5.41) is 17.5. The highest BCUT2D eigenvalue weighted by atomic mass is 19.1. The molecule has 1 aromatic heterocycles. The first kappa shape index (κ1) is 27.8. The number of hydrogen-bond acceptors (Lipinski definition) is 7. The summed E-state index contributed by atoms with van der Waals surface area (Å²) in [6.45, 7) is 9.35. The minimum Gasteiger partial charge on any atom is -0.451 e. The Kier molecular flexibility index (Phi) is 6.32. The predicted molar refractivity (Wildman–Crippen MR) is 162 cm³/mol. The number of halogens is 1. The molecule has 224 valence electrons. The number of piperidine rings is 1. The number of anilines is 1. The Balaban J connectivity index is 1.43. The van der Waals surface area contributed by atoms with E-state index in [2.05, 4.69) is 5.32 Å². The molecular formula is C33H35FN4O5. The van der Waals surface area contributed by atoms with E-state index in [1.165, 1.54) is 11.1 Å². The van der Waals surface area contributed by atoms with Crippen molar-refractivity contribution in [3.05, 3.63) is 70.3 Å². The van der Waals surface area contributed by atoms with Crippen LogP contribution in [0, 0.1) is 5.82 Å². The number of morpholine rings is 1. The molecule has 0 aliphatic carbocycles. The van der Waals surface area contributed by atoms with Crippen LogP contribution in [0.5, 0.6) is 11.5 Å². The second kappa shape index (κ2) is 9.77. The van der Waals surface area contributed by atoms with Gasteiger partial charge in [-0.15, -0.1) is 0 Å². The van der Waals surface area contributed by atoms with E-state index in [1.54, 1.807) is 15.7 Å². The normalized spacial score (nSPS) is 19.7. The van der Waals surface area contributed by atoms with E-state index in [9.17, 15) is 14.8 Å². The van der Waals surface area contributed by atoms with Crippen LogP contribution in [0.4, 0.5) is 10.1 Å². The molecule has 1 amide bonds. The molecule has 7 rings (SSSR count). The van der Waals surface area contributed by atoms with Crippen molar-refractivity contribution in [1.29, 1.82) is 0 Å². The van der Waals surface area contributed by atoms with Gasteiger partial charge in [-0.05, 0) is 69.5 Å². The van der Waals surface area contributed by atoms with Crippen molar-refractivity contribution >= 4 is 33.3 Å². The third-order valence-corrected chi connectivity index (χ3v) is 9.01. The average Bonchev–Trinajstić information content (AvgIpc) is 2.97. The molecule has 3 aliphatic heterocycles. The molecule has 0 saturated carbocycles. The van der Waals surface area contributed by atoms with E-state index in [0.717, 1.165) is 10.8 Å². The van der Waals surface area contributed by atoms with Gasteiger partial charge < -0.3 is 29.5 Å². The van der Waals surface area contributed by atoms with Crippen molar-refractivity contribution in [2.24, 2.45) is 0 Å². The standard InChI is InChI=1S/C33H35FN4O5/c1-32(2)16-21(17-33(3,4)38(32)41)35-27-24(34)15-22-28-30(27)43-26-14-20-8-6-5-7-19(20)13-25(26)37(28)18-23(29(22)39)31(40)36-9-11-42-12-10-36/h5-8,13-15,18,21,35,41H,9-12,16-17H2,1-4H3. The maximum absolute atomic E-state index is 16.2.